The Morgan fingerprint density at radius 1 is 1.33 bits per heavy atom. The molecule has 0 unspecified atom stereocenters. The van der Waals surface area contributed by atoms with E-state index in [0.717, 1.165) is 0 Å². The molecule has 1 N–H and O–H groups in total. The summed E-state index contributed by atoms with van der Waals surface area (Å²) < 4.78 is 3.47. The van der Waals surface area contributed by atoms with E-state index in [0.29, 0.717) is 18.8 Å². The normalized spacial score (nSPS) is 10.4. The van der Waals surface area contributed by atoms with Gasteiger partial charge in [0.2, 0.25) is 0 Å². The van der Waals surface area contributed by atoms with Gasteiger partial charge in [-0.05, 0) is 18.2 Å². The van der Waals surface area contributed by atoms with Gasteiger partial charge in [0.1, 0.15) is 5.69 Å². The second-order valence-electron chi connectivity index (χ2n) is 3.16. The zero-order valence-corrected chi connectivity index (χ0v) is 8.08. The standard InChI is InChI=1S/C10H11N3O2/c14-10(15)9-3-1-5-12(9)7-8-13-6-2-4-11-13/h1-6H,7-8H2,(H,14,15). The zero-order valence-electron chi connectivity index (χ0n) is 8.08. The lowest BCUT2D eigenvalue weighted by Crippen LogP contribution is -2.12. The highest BCUT2D eigenvalue weighted by Crippen LogP contribution is 2.02. The first-order chi connectivity index (χ1) is 7.27. The van der Waals surface area contributed by atoms with E-state index >= 15 is 0 Å². The van der Waals surface area contributed by atoms with E-state index in [-0.39, 0.29) is 0 Å². The van der Waals surface area contributed by atoms with Gasteiger partial charge in [-0.1, -0.05) is 0 Å². The van der Waals surface area contributed by atoms with Crippen LogP contribution in [0.2, 0.25) is 0 Å². The van der Waals surface area contributed by atoms with Gasteiger partial charge < -0.3 is 9.67 Å². The molecule has 0 amide bonds. The van der Waals surface area contributed by atoms with Crippen LogP contribution in [-0.4, -0.2) is 25.4 Å². The summed E-state index contributed by atoms with van der Waals surface area (Å²) in [7, 11) is 0. The highest BCUT2D eigenvalue weighted by Gasteiger charge is 2.07. The number of rotatable bonds is 4. The number of aromatic nitrogens is 3. The molecular formula is C10H11N3O2. The first-order valence-electron chi connectivity index (χ1n) is 4.63. The van der Waals surface area contributed by atoms with E-state index in [9.17, 15) is 4.79 Å². The minimum atomic E-state index is -0.902. The van der Waals surface area contributed by atoms with E-state index in [1.54, 1.807) is 33.8 Å². The number of hydrogen-bond donors (Lipinski definition) is 1. The molecule has 15 heavy (non-hydrogen) atoms. The molecule has 0 fully saturated rings. The van der Waals surface area contributed by atoms with Gasteiger partial charge in [-0.3, -0.25) is 4.68 Å². The lowest BCUT2D eigenvalue weighted by atomic mass is 10.4. The highest BCUT2D eigenvalue weighted by molar-refractivity contribution is 5.85. The van der Waals surface area contributed by atoms with Crippen LogP contribution in [0.1, 0.15) is 10.5 Å². The molecule has 2 aromatic heterocycles. The minimum absolute atomic E-state index is 0.308. The Labute approximate surface area is 86.6 Å². The van der Waals surface area contributed by atoms with E-state index < -0.39 is 5.97 Å². The van der Waals surface area contributed by atoms with Crippen molar-refractivity contribution in [2.24, 2.45) is 0 Å². The highest BCUT2D eigenvalue weighted by atomic mass is 16.4. The third-order valence-corrected chi connectivity index (χ3v) is 2.18. The van der Waals surface area contributed by atoms with Crippen LogP contribution in [0.5, 0.6) is 0 Å². The van der Waals surface area contributed by atoms with Crippen LogP contribution in [0, 0.1) is 0 Å². The largest absolute Gasteiger partial charge is 0.477 e. The van der Waals surface area contributed by atoms with E-state index in [4.69, 9.17) is 5.11 Å². The number of carbonyl (C=O) groups is 1. The molecule has 0 aliphatic rings. The third-order valence-electron chi connectivity index (χ3n) is 2.18. The molecule has 2 rings (SSSR count). The summed E-state index contributed by atoms with van der Waals surface area (Å²) in [5.74, 6) is -0.902. The van der Waals surface area contributed by atoms with Crippen molar-refractivity contribution in [3.8, 4) is 0 Å². The maximum atomic E-state index is 10.8. The van der Waals surface area contributed by atoms with Gasteiger partial charge in [-0.15, -0.1) is 0 Å². The summed E-state index contributed by atoms with van der Waals surface area (Å²) >= 11 is 0. The molecule has 2 aromatic rings. The van der Waals surface area contributed by atoms with Gasteiger partial charge in [-0.25, -0.2) is 4.79 Å². The predicted molar refractivity (Wildman–Crippen MR) is 53.6 cm³/mol. The molecule has 2 heterocycles. The first-order valence-corrected chi connectivity index (χ1v) is 4.63. The Balaban J connectivity index is 2.05. The molecule has 0 radical (unpaired) electrons. The predicted octanol–water partition coefficient (Wildman–Crippen LogP) is 1.08. The van der Waals surface area contributed by atoms with E-state index in [1.165, 1.54) is 0 Å². The van der Waals surface area contributed by atoms with Crippen molar-refractivity contribution in [2.75, 3.05) is 0 Å². The summed E-state index contributed by atoms with van der Waals surface area (Å²) in [5.41, 5.74) is 0.308. The van der Waals surface area contributed by atoms with Crippen LogP contribution in [0.15, 0.2) is 36.8 Å². The maximum absolute atomic E-state index is 10.8. The van der Waals surface area contributed by atoms with Crippen LogP contribution in [-0.2, 0) is 13.1 Å². The first kappa shape index (κ1) is 9.51. The number of carboxylic acid groups (broad SMARTS) is 1. The molecule has 0 saturated carbocycles. The Hall–Kier alpha value is -2.04. The van der Waals surface area contributed by atoms with Gasteiger partial charge in [-0.2, -0.15) is 5.10 Å². The molecule has 78 valence electrons. The number of carboxylic acids is 1. The fourth-order valence-electron chi connectivity index (χ4n) is 1.45. The molecule has 0 saturated heterocycles. The number of hydrogen-bond acceptors (Lipinski definition) is 2. The van der Waals surface area contributed by atoms with Gasteiger partial charge in [0, 0.05) is 25.1 Å². The molecule has 0 bridgehead atoms. The monoisotopic (exact) mass is 205 g/mol. The maximum Gasteiger partial charge on any atom is 0.352 e. The quantitative estimate of drug-likeness (QED) is 0.812. The fourth-order valence-corrected chi connectivity index (χ4v) is 1.45. The van der Waals surface area contributed by atoms with Crippen LogP contribution in [0.25, 0.3) is 0 Å². The molecule has 0 aliphatic carbocycles. The van der Waals surface area contributed by atoms with Crippen molar-refractivity contribution in [1.82, 2.24) is 14.3 Å². The Kier molecular flexibility index (Phi) is 2.53. The van der Waals surface area contributed by atoms with Gasteiger partial charge in [0.25, 0.3) is 0 Å². The molecular weight excluding hydrogens is 194 g/mol. The minimum Gasteiger partial charge on any atom is -0.477 e. The van der Waals surface area contributed by atoms with E-state index in [1.807, 2.05) is 12.3 Å². The molecule has 0 atom stereocenters. The van der Waals surface area contributed by atoms with Gasteiger partial charge in [0.05, 0.1) is 6.54 Å². The van der Waals surface area contributed by atoms with Crippen molar-refractivity contribution in [3.05, 3.63) is 42.5 Å². The summed E-state index contributed by atoms with van der Waals surface area (Å²) in [6.45, 7) is 1.28. The zero-order chi connectivity index (χ0) is 10.7. The smallest absolute Gasteiger partial charge is 0.352 e. The molecule has 5 nitrogen and oxygen atoms in total. The topological polar surface area (TPSA) is 60.0 Å². The van der Waals surface area contributed by atoms with Crippen molar-refractivity contribution in [2.45, 2.75) is 13.1 Å². The van der Waals surface area contributed by atoms with Crippen molar-refractivity contribution in [1.29, 1.82) is 0 Å². The van der Waals surface area contributed by atoms with Gasteiger partial charge >= 0.3 is 5.97 Å². The molecule has 0 aromatic carbocycles. The SMILES string of the molecule is O=C(O)c1cccn1CCn1cccn1. The van der Waals surface area contributed by atoms with Gasteiger partial charge in [0.15, 0.2) is 0 Å². The van der Waals surface area contributed by atoms with Crippen molar-refractivity contribution in [3.63, 3.8) is 0 Å². The summed E-state index contributed by atoms with van der Waals surface area (Å²) in [4.78, 5) is 10.8. The molecule has 5 heteroatoms. The lowest BCUT2D eigenvalue weighted by Gasteiger charge is -2.05. The Bertz CT molecular complexity index is 445. The lowest BCUT2D eigenvalue weighted by molar-refractivity contribution is 0.0684. The Morgan fingerprint density at radius 3 is 2.87 bits per heavy atom. The third kappa shape index (κ3) is 2.07. The van der Waals surface area contributed by atoms with Crippen LogP contribution in [0.4, 0.5) is 0 Å². The summed E-state index contributed by atoms with van der Waals surface area (Å²) in [5, 5.41) is 12.9. The van der Waals surface area contributed by atoms with Crippen molar-refractivity contribution >= 4 is 5.97 Å². The molecule has 0 aliphatic heterocycles. The van der Waals surface area contributed by atoms with E-state index in [2.05, 4.69) is 5.10 Å². The second kappa shape index (κ2) is 4.00. The van der Waals surface area contributed by atoms with Crippen molar-refractivity contribution < 1.29 is 9.90 Å². The number of aryl methyl sites for hydroxylation is 2. The number of nitrogens with zero attached hydrogens (tertiary/aromatic N) is 3. The second-order valence-corrected chi connectivity index (χ2v) is 3.16. The molecule has 0 spiro atoms. The van der Waals surface area contributed by atoms with Crippen LogP contribution < -0.4 is 0 Å². The number of aromatic carboxylic acids is 1. The van der Waals surface area contributed by atoms with Crippen LogP contribution >= 0.6 is 0 Å². The fraction of sp³-hybridized carbons (Fsp3) is 0.200. The Morgan fingerprint density at radius 2 is 2.20 bits per heavy atom. The van der Waals surface area contributed by atoms with Crippen LogP contribution in [0.3, 0.4) is 0 Å². The summed E-state index contributed by atoms with van der Waals surface area (Å²) in [6.07, 6.45) is 5.31. The summed E-state index contributed by atoms with van der Waals surface area (Å²) in [6, 6.07) is 5.16. The average Bonchev–Trinajstić information content (AvgIpc) is 2.86. The average molecular weight is 205 g/mol.